The van der Waals surface area contributed by atoms with Gasteiger partial charge in [0.15, 0.2) is 11.4 Å². The van der Waals surface area contributed by atoms with Crippen LogP contribution in [0.5, 0.6) is 11.6 Å². The molecule has 1 amide bonds. The highest BCUT2D eigenvalue weighted by atomic mass is 16.5. The molecule has 0 unspecified atom stereocenters. The lowest BCUT2D eigenvalue weighted by molar-refractivity contribution is 0.0945. The van der Waals surface area contributed by atoms with Crippen molar-refractivity contribution in [2.24, 2.45) is 5.84 Å². The number of nitrogens with one attached hydrogen (secondary N) is 2. The summed E-state index contributed by atoms with van der Waals surface area (Å²) in [5, 5.41) is 10.7. The van der Waals surface area contributed by atoms with Crippen LogP contribution in [-0.4, -0.2) is 27.6 Å². The summed E-state index contributed by atoms with van der Waals surface area (Å²) in [5.41, 5.74) is 2.22. The molecule has 2 heterocycles. The third-order valence-electron chi connectivity index (χ3n) is 3.65. The van der Waals surface area contributed by atoms with Gasteiger partial charge in [0.05, 0.1) is 12.3 Å². The molecule has 25 heavy (non-hydrogen) atoms. The van der Waals surface area contributed by atoms with Crippen LogP contribution in [0.15, 0.2) is 41.2 Å². The van der Waals surface area contributed by atoms with E-state index in [9.17, 15) is 14.7 Å². The van der Waals surface area contributed by atoms with Crippen molar-refractivity contribution in [3.05, 3.63) is 52.4 Å². The quantitative estimate of drug-likeness (QED) is 0.322. The summed E-state index contributed by atoms with van der Waals surface area (Å²) >= 11 is 0. The summed E-state index contributed by atoms with van der Waals surface area (Å²) in [6, 6.07) is 10.7. The van der Waals surface area contributed by atoms with Crippen molar-refractivity contribution < 1.29 is 14.6 Å². The van der Waals surface area contributed by atoms with Gasteiger partial charge in [0.25, 0.3) is 11.5 Å². The van der Waals surface area contributed by atoms with Crippen LogP contribution < -0.4 is 21.6 Å². The molecule has 0 saturated heterocycles. The van der Waals surface area contributed by atoms with Gasteiger partial charge in [-0.15, -0.1) is 0 Å². The van der Waals surface area contributed by atoms with Crippen LogP contribution >= 0.6 is 0 Å². The van der Waals surface area contributed by atoms with Gasteiger partial charge in [-0.2, -0.15) is 0 Å². The number of aromatic hydroxyl groups is 1. The summed E-state index contributed by atoms with van der Waals surface area (Å²) in [4.78, 5) is 30.9. The Morgan fingerprint density at radius 1 is 1.36 bits per heavy atom. The molecule has 8 heteroatoms. The predicted octanol–water partition coefficient (Wildman–Crippen LogP) is 1.30. The van der Waals surface area contributed by atoms with Gasteiger partial charge in [-0.1, -0.05) is 30.3 Å². The summed E-state index contributed by atoms with van der Waals surface area (Å²) in [6.45, 7) is 2.04. The molecule has 0 bridgehead atoms. The number of nitrogens with zero attached hydrogens (tertiary/aromatic N) is 1. The van der Waals surface area contributed by atoms with Crippen LogP contribution in [0.2, 0.25) is 0 Å². The van der Waals surface area contributed by atoms with E-state index in [-0.39, 0.29) is 29.0 Å². The fraction of sp³-hybridized carbons (Fsp3) is 0.118. The fourth-order valence-corrected chi connectivity index (χ4v) is 2.53. The number of H-pyrrole nitrogens is 1. The number of hydrogen-bond acceptors (Lipinski definition) is 6. The van der Waals surface area contributed by atoms with E-state index >= 15 is 0 Å². The minimum atomic E-state index is -0.812. The van der Waals surface area contributed by atoms with Crippen molar-refractivity contribution in [2.45, 2.75) is 6.92 Å². The van der Waals surface area contributed by atoms with Crippen LogP contribution in [0, 0.1) is 0 Å². The van der Waals surface area contributed by atoms with Crippen molar-refractivity contribution in [2.75, 3.05) is 6.61 Å². The van der Waals surface area contributed by atoms with Gasteiger partial charge in [-0.25, -0.2) is 10.8 Å². The van der Waals surface area contributed by atoms with E-state index in [1.807, 2.05) is 35.8 Å². The third-order valence-corrected chi connectivity index (χ3v) is 3.65. The van der Waals surface area contributed by atoms with Crippen LogP contribution in [0.1, 0.15) is 17.4 Å². The van der Waals surface area contributed by atoms with Gasteiger partial charge < -0.3 is 14.8 Å². The van der Waals surface area contributed by atoms with Crippen LogP contribution in [-0.2, 0) is 0 Å². The van der Waals surface area contributed by atoms with Gasteiger partial charge >= 0.3 is 0 Å². The predicted molar refractivity (Wildman–Crippen MR) is 92.3 cm³/mol. The minimum Gasteiger partial charge on any atom is -0.505 e. The van der Waals surface area contributed by atoms with E-state index in [2.05, 4.69) is 9.97 Å². The number of ether oxygens (including phenoxy) is 1. The third kappa shape index (κ3) is 2.90. The largest absolute Gasteiger partial charge is 0.505 e. The smallest absolute Gasteiger partial charge is 0.285 e. The first-order valence-electron chi connectivity index (χ1n) is 7.56. The summed E-state index contributed by atoms with van der Waals surface area (Å²) in [5.74, 6) is 3.96. The first kappa shape index (κ1) is 16.5. The number of hydrazine groups is 1. The lowest BCUT2D eigenvalue weighted by atomic mass is 10.1. The van der Waals surface area contributed by atoms with Gasteiger partial charge in [0.2, 0.25) is 5.88 Å². The number of benzene rings is 1. The van der Waals surface area contributed by atoms with Gasteiger partial charge in [0, 0.05) is 10.9 Å². The van der Waals surface area contributed by atoms with Crippen molar-refractivity contribution in [3.63, 3.8) is 0 Å². The molecule has 5 N–H and O–H groups in total. The van der Waals surface area contributed by atoms with Crippen LogP contribution in [0.25, 0.3) is 22.0 Å². The number of nitrogens with two attached hydrogens (primary N) is 1. The van der Waals surface area contributed by atoms with Gasteiger partial charge in [-0.05, 0) is 13.0 Å². The van der Waals surface area contributed by atoms with E-state index in [0.29, 0.717) is 5.69 Å². The molecule has 3 aromatic rings. The Hall–Kier alpha value is -3.39. The average Bonchev–Trinajstić information content (AvgIpc) is 2.64. The number of carbonyl (C=O) groups excluding carboxylic acids is 1. The maximum Gasteiger partial charge on any atom is 0.285 e. The zero-order valence-electron chi connectivity index (χ0n) is 13.4. The lowest BCUT2D eigenvalue weighted by Gasteiger charge is -2.12. The Balaban J connectivity index is 2.38. The molecule has 0 aliphatic rings. The van der Waals surface area contributed by atoms with Crippen molar-refractivity contribution in [3.8, 4) is 22.9 Å². The highest BCUT2D eigenvalue weighted by molar-refractivity contribution is 6.03. The highest BCUT2D eigenvalue weighted by Crippen LogP contribution is 2.33. The van der Waals surface area contributed by atoms with E-state index in [0.717, 1.165) is 5.56 Å². The van der Waals surface area contributed by atoms with E-state index < -0.39 is 17.2 Å². The molecule has 0 aliphatic carbocycles. The second-order valence-electron chi connectivity index (χ2n) is 5.19. The maximum absolute atomic E-state index is 12.4. The molecule has 0 fully saturated rings. The first-order valence-corrected chi connectivity index (χ1v) is 7.56. The maximum atomic E-state index is 12.4. The van der Waals surface area contributed by atoms with E-state index in [1.54, 1.807) is 6.92 Å². The molecule has 1 aromatic carbocycles. The highest BCUT2D eigenvalue weighted by Gasteiger charge is 2.21. The Morgan fingerprint density at radius 3 is 2.72 bits per heavy atom. The Kier molecular flexibility index (Phi) is 4.36. The summed E-state index contributed by atoms with van der Waals surface area (Å²) in [7, 11) is 0. The Labute approximate surface area is 142 Å². The number of carbonyl (C=O) groups is 1. The zero-order chi connectivity index (χ0) is 18.0. The SMILES string of the molecule is CCOc1nc(-c2ccccc2)cc2c(O)c(C(=O)NN)[nH]c(=O)c12. The van der Waals surface area contributed by atoms with Crippen LogP contribution in [0.3, 0.4) is 0 Å². The standard InChI is InChI=1S/C17H16N4O4/c1-2-25-17-12-10(8-11(19-17)9-6-4-3-5-7-9)14(22)13(16(24)21-18)20-15(12)23/h3-8,22H,2,18H2,1H3,(H,20,23)(H,21,24). The molecule has 8 nitrogen and oxygen atoms in total. The number of rotatable bonds is 4. The molecule has 2 aromatic heterocycles. The fourth-order valence-electron chi connectivity index (χ4n) is 2.53. The molecular weight excluding hydrogens is 324 g/mol. The molecule has 0 radical (unpaired) electrons. The molecule has 0 aliphatic heterocycles. The van der Waals surface area contributed by atoms with Gasteiger partial charge in [-0.3, -0.25) is 15.0 Å². The zero-order valence-corrected chi connectivity index (χ0v) is 13.4. The minimum absolute atomic E-state index is 0.0626. The molecular formula is C17H16N4O4. The molecule has 128 valence electrons. The van der Waals surface area contributed by atoms with Crippen molar-refractivity contribution in [1.29, 1.82) is 0 Å². The first-order chi connectivity index (χ1) is 12.1. The van der Waals surface area contributed by atoms with Crippen molar-refractivity contribution in [1.82, 2.24) is 15.4 Å². The molecule has 0 atom stereocenters. The second-order valence-corrected chi connectivity index (χ2v) is 5.19. The molecule has 0 saturated carbocycles. The van der Waals surface area contributed by atoms with E-state index in [1.165, 1.54) is 6.07 Å². The Morgan fingerprint density at radius 2 is 2.08 bits per heavy atom. The average molecular weight is 340 g/mol. The number of aromatic nitrogens is 2. The Bertz CT molecular complexity index is 999. The summed E-state index contributed by atoms with van der Waals surface area (Å²) < 4.78 is 5.48. The number of aromatic amines is 1. The van der Waals surface area contributed by atoms with Crippen molar-refractivity contribution >= 4 is 16.7 Å². The lowest BCUT2D eigenvalue weighted by Crippen LogP contribution is -2.32. The number of amides is 1. The molecule has 0 spiro atoms. The monoisotopic (exact) mass is 340 g/mol. The van der Waals surface area contributed by atoms with Gasteiger partial charge in [0.1, 0.15) is 5.39 Å². The van der Waals surface area contributed by atoms with E-state index in [4.69, 9.17) is 10.6 Å². The second kappa shape index (κ2) is 6.62. The molecule has 3 rings (SSSR count). The normalized spacial score (nSPS) is 10.6. The van der Waals surface area contributed by atoms with Crippen LogP contribution in [0.4, 0.5) is 0 Å². The number of hydrogen-bond donors (Lipinski definition) is 4. The topological polar surface area (TPSA) is 130 Å². The number of fused-ring (bicyclic) bond motifs is 1. The number of nitrogen functional groups attached to an aromatic ring is 1. The number of pyridine rings is 2. The summed E-state index contributed by atoms with van der Waals surface area (Å²) in [6.07, 6.45) is 0.